The molecule has 25 heavy (non-hydrogen) atoms. The van der Waals surface area contributed by atoms with Gasteiger partial charge in [0.1, 0.15) is 5.75 Å². The van der Waals surface area contributed by atoms with Crippen LogP contribution in [0.5, 0.6) is 5.75 Å². The molecule has 1 saturated heterocycles. The summed E-state index contributed by atoms with van der Waals surface area (Å²) in [6.45, 7) is 8.15. The number of para-hydroxylation sites is 1. The molecule has 6 nitrogen and oxygen atoms in total. The minimum atomic E-state index is -0.227. The summed E-state index contributed by atoms with van der Waals surface area (Å²) < 4.78 is 10.9. The summed E-state index contributed by atoms with van der Waals surface area (Å²) in [5, 5.41) is 3.57. The largest absolute Gasteiger partial charge is 0.496 e. The normalized spacial score (nSPS) is 15.2. The highest BCUT2D eigenvalue weighted by molar-refractivity contribution is 5.38. The predicted molar refractivity (Wildman–Crippen MR) is 97.9 cm³/mol. The Labute approximate surface area is 149 Å². The van der Waals surface area contributed by atoms with Crippen LogP contribution in [0, 0.1) is 0 Å². The van der Waals surface area contributed by atoms with Gasteiger partial charge in [-0.25, -0.2) is 9.97 Å². The van der Waals surface area contributed by atoms with Crippen LogP contribution < -0.4 is 15.0 Å². The number of aromatic nitrogens is 2. The molecular weight excluding hydrogens is 316 g/mol. The van der Waals surface area contributed by atoms with Gasteiger partial charge in [-0.3, -0.25) is 0 Å². The van der Waals surface area contributed by atoms with Gasteiger partial charge in [0.15, 0.2) is 0 Å². The Morgan fingerprint density at radius 1 is 1.16 bits per heavy atom. The van der Waals surface area contributed by atoms with Crippen LogP contribution in [0.1, 0.15) is 25.0 Å². The number of nitrogens with zero attached hydrogens (tertiary/aromatic N) is 3. The van der Waals surface area contributed by atoms with Crippen molar-refractivity contribution in [1.29, 1.82) is 0 Å². The highest BCUT2D eigenvalue weighted by Gasteiger charge is 2.23. The lowest BCUT2D eigenvalue weighted by Gasteiger charge is -2.29. The van der Waals surface area contributed by atoms with E-state index in [1.807, 2.05) is 30.6 Å². The fourth-order valence-electron chi connectivity index (χ4n) is 2.95. The van der Waals surface area contributed by atoms with E-state index >= 15 is 0 Å². The Kier molecular flexibility index (Phi) is 5.50. The van der Waals surface area contributed by atoms with E-state index < -0.39 is 0 Å². The lowest BCUT2D eigenvalue weighted by molar-refractivity contribution is 0.122. The average molecular weight is 342 g/mol. The second-order valence-corrected chi connectivity index (χ2v) is 6.67. The number of methoxy groups -OCH3 is 1. The molecule has 1 aliphatic heterocycles. The van der Waals surface area contributed by atoms with E-state index in [-0.39, 0.29) is 5.54 Å². The van der Waals surface area contributed by atoms with Gasteiger partial charge in [-0.15, -0.1) is 0 Å². The summed E-state index contributed by atoms with van der Waals surface area (Å²) in [5.41, 5.74) is 1.96. The van der Waals surface area contributed by atoms with E-state index in [1.165, 1.54) is 0 Å². The van der Waals surface area contributed by atoms with Gasteiger partial charge in [0.2, 0.25) is 5.95 Å². The van der Waals surface area contributed by atoms with Crippen LogP contribution in [0.3, 0.4) is 0 Å². The molecule has 1 fully saturated rings. The highest BCUT2D eigenvalue weighted by Crippen LogP contribution is 2.29. The molecule has 0 aliphatic carbocycles. The first-order valence-electron chi connectivity index (χ1n) is 8.62. The van der Waals surface area contributed by atoms with Gasteiger partial charge >= 0.3 is 0 Å². The fraction of sp³-hybridized carbons (Fsp3) is 0.474. The van der Waals surface area contributed by atoms with Crippen molar-refractivity contribution in [2.24, 2.45) is 0 Å². The number of hydrogen-bond acceptors (Lipinski definition) is 6. The maximum absolute atomic E-state index is 5.49. The van der Waals surface area contributed by atoms with Gasteiger partial charge in [0.25, 0.3) is 0 Å². The third-order valence-electron chi connectivity index (χ3n) is 4.50. The molecule has 2 heterocycles. The minimum absolute atomic E-state index is 0.227. The van der Waals surface area contributed by atoms with Crippen LogP contribution in [-0.2, 0) is 16.8 Å². The van der Waals surface area contributed by atoms with E-state index in [1.54, 1.807) is 7.11 Å². The van der Waals surface area contributed by atoms with Gasteiger partial charge in [-0.1, -0.05) is 18.2 Å². The van der Waals surface area contributed by atoms with Crippen LogP contribution in [-0.4, -0.2) is 43.4 Å². The SMILES string of the molecule is COc1ccccc1C(C)(C)NCc1cnc(N2CCOCC2)nc1. The summed E-state index contributed by atoms with van der Waals surface area (Å²) >= 11 is 0. The number of hydrogen-bond donors (Lipinski definition) is 1. The molecule has 2 aromatic rings. The molecule has 0 atom stereocenters. The van der Waals surface area contributed by atoms with E-state index in [0.29, 0.717) is 6.54 Å². The molecule has 134 valence electrons. The van der Waals surface area contributed by atoms with Crippen LogP contribution in [0.25, 0.3) is 0 Å². The van der Waals surface area contributed by atoms with Crippen molar-refractivity contribution in [3.05, 3.63) is 47.8 Å². The van der Waals surface area contributed by atoms with Crippen LogP contribution in [0.15, 0.2) is 36.7 Å². The van der Waals surface area contributed by atoms with Crippen molar-refractivity contribution in [2.75, 3.05) is 38.3 Å². The van der Waals surface area contributed by atoms with Crippen molar-refractivity contribution in [3.63, 3.8) is 0 Å². The van der Waals surface area contributed by atoms with Crippen molar-refractivity contribution < 1.29 is 9.47 Å². The molecule has 3 rings (SSSR count). The van der Waals surface area contributed by atoms with Crippen molar-refractivity contribution >= 4 is 5.95 Å². The maximum Gasteiger partial charge on any atom is 0.225 e. The standard InChI is InChI=1S/C19H26N4O2/c1-19(2,16-6-4-5-7-17(16)24-3)22-14-15-12-20-18(21-13-15)23-8-10-25-11-9-23/h4-7,12-13,22H,8-11,14H2,1-3H3. The second-order valence-electron chi connectivity index (χ2n) is 6.67. The summed E-state index contributed by atoms with van der Waals surface area (Å²) in [7, 11) is 1.70. The number of ether oxygens (including phenoxy) is 2. The number of rotatable bonds is 6. The molecule has 0 saturated carbocycles. The zero-order valence-electron chi connectivity index (χ0n) is 15.2. The first kappa shape index (κ1) is 17.6. The number of nitrogens with one attached hydrogen (secondary N) is 1. The highest BCUT2D eigenvalue weighted by atomic mass is 16.5. The average Bonchev–Trinajstić information content (AvgIpc) is 2.67. The lowest BCUT2D eigenvalue weighted by atomic mass is 9.93. The third kappa shape index (κ3) is 4.27. The summed E-state index contributed by atoms with van der Waals surface area (Å²) in [6.07, 6.45) is 3.78. The Hall–Kier alpha value is -2.18. The zero-order chi connectivity index (χ0) is 17.7. The zero-order valence-corrected chi connectivity index (χ0v) is 15.2. The molecule has 6 heteroatoms. The maximum atomic E-state index is 5.49. The second kappa shape index (κ2) is 7.80. The molecule has 0 bridgehead atoms. The topological polar surface area (TPSA) is 59.5 Å². The summed E-state index contributed by atoms with van der Waals surface area (Å²) in [4.78, 5) is 11.2. The predicted octanol–water partition coefficient (Wildman–Crippen LogP) is 2.35. The van der Waals surface area contributed by atoms with Gasteiger partial charge in [0.05, 0.1) is 20.3 Å². The number of morpholine rings is 1. The van der Waals surface area contributed by atoms with Gasteiger partial charge in [-0.05, 0) is 19.9 Å². The number of anilines is 1. The van der Waals surface area contributed by atoms with Gasteiger partial charge in [-0.2, -0.15) is 0 Å². The van der Waals surface area contributed by atoms with Crippen molar-refractivity contribution in [3.8, 4) is 5.75 Å². The Bertz CT molecular complexity index is 682. The first-order chi connectivity index (χ1) is 12.1. The summed E-state index contributed by atoms with van der Waals surface area (Å²) in [6, 6.07) is 8.08. The molecule has 1 N–H and O–H groups in total. The molecule has 1 aliphatic rings. The third-order valence-corrected chi connectivity index (χ3v) is 4.50. The molecule has 1 aromatic carbocycles. The van der Waals surface area contributed by atoms with Crippen LogP contribution in [0.2, 0.25) is 0 Å². The van der Waals surface area contributed by atoms with Crippen molar-refractivity contribution in [1.82, 2.24) is 15.3 Å². The monoisotopic (exact) mass is 342 g/mol. The molecule has 0 spiro atoms. The Morgan fingerprint density at radius 3 is 2.52 bits per heavy atom. The Balaban J connectivity index is 1.64. The first-order valence-corrected chi connectivity index (χ1v) is 8.62. The Morgan fingerprint density at radius 2 is 1.84 bits per heavy atom. The van der Waals surface area contributed by atoms with E-state index in [2.05, 4.69) is 40.1 Å². The quantitative estimate of drug-likeness (QED) is 0.870. The van der Waals surface area contributed by atoms with E-state index in [4.69, 9.17) is 9.47 Å². The van der Waals surface area contributed by atoms with Crippen molar-refractivity contribution in [2.45, 2.75) is 25.9 Å². The smallest absolute Gasteiger partial charge is 0.225 e. The minimum Gasteiger partial charge on any atom is -0.496 e. The summed E-state index contributed by atoms with van der Waals surface area (Å²) in [5.74, 6) is 1.66. The molecule has 0 amide bonds. The van der Waals surface area contributed by atoms with Gasteiger partial charge in [0, 0.05) is 48.7 Å². The molecular formula is C19H26N4O2. The van der Waals surface area contributed by atoms with E-state index in [0.717, 1.165) is 49.1 Å². The van der Waals surface area contributed by atoms with Crippen LogP contribution in [0.4, 0.5) is 5.95 Å². The molecule has 1 aromatic heterocycles. The lowest BCUT2D eigenvalue weighted by Crippen LogP contribution is -2.37. The molecule has 0 radical (unpaired) electrons. The fourth-order valence-corrected chi connectivity index (χ4v) is 2.95. The van der Waals surface area contributed by atoms with Gasteiger partial charge < -0.3 is 19.7 Å². The van der Waals surface area contributed by atoms with Crippen LogP contribution >= 0.6 is 0 Å². The number of benzene rings is 1. The van der Waals surface area contributed by atoms with E-state index in [9.17, 15) is 0 Å². The molecule has 0 unspecified atom stereocenters.